The highest BCUT2D eigenvalue weighted by Crippen LogP contribution is 2.32. The van der Waals surface area contributed by atoms with Crippen LogP contribution in [0.4, 0.5) is 0 Å². The molecule has 1 N–H and O–H groups in total. The van der Waals surface area contributed by atoms with Crippen LogP contribution in [0.2, 0.25) is 0 Å². The van der Waals surface area contributed by atoms with Crippen LogP contribution in [-0.2, 0) is 11.2 Å². The summed E-state index contributed by atoms with van der Waals surface area (Å²) in [7, 11) is 0. The van der Waals surface area contributed by atoms with Gasteiger partial charge in [0.25, 0.3) is 5.91 Å². The first-order chi connectivity index (χ1) is 10.1. The van der Waals surface area contributed by atoms with Gasteiger partial charge in [0.2, 0.25) is 0 Å². The molecule has 1 atom stereocenters. The highest BCUT2D eigenvalue weighted by Gasteiger charge is 2.38. The molecule has 0 aliphatic carbocycles. The quantitative estimate of drug-likeness (QED) is 0.891. The topological polar surface area (TPSA) is 96.5 Å². The fourth-order valence-electron chi connectivity index (χ4n) is 2.56. The minimum absolute atomic E-state index is 0.282. The van der Waals surface area contributed by atoms with Gasteiger partial charge in [-0.05, 0) is 13.0 Å². The highest BCUT2D eigenvalue weighted by molar-refractivity contribution is 5.97. The lowest BCUT2D eigenvalue weighted by molar-refractivity contribution is -0.143. The second-order valence-electron chi connectivity index (χ2n) is 4.81. The van der Waals surface area contributed by atoms with Gasteiger partial charge in [-0.25, -0.2) is 14.8 Å². The molecule has 0 bridgehead atoms. The molecule has 108 valence electrons. The van der Waals surface area contributed by atoms with Crippen LogP contribution in [0.15, 0.2) is 29.3 Å². The van der Waals surface area contributed by atoms with E-state index in [2.05, 4.69) is 9.97 Å². The molecule has 3 heterocycles. The van der Waals surface area contributed by atoms with E-state index in [-0.39, 0.29) is 12.5 Å². The zero-order valence-corrected chi connectivity index (χ0v) is 11.3. The summed E-state index contributed by atoms with van der Waals surface area (Å²) in [5.74, 6) is -0.847. The lowest BCUT2D eigenvalue weighted by atomic mass is 9.98. The number of amides is 1. The largest absolute Gasteiger partial charge is 0.479 e. The van der Waals surface area contributed by atoms with Gasteiger partial charge in [0, 0.05) is 24.7 Å². The molecule has 3 rings (SSSR count). The molecule has 2 aromatic heterocycles. The molecule has 1 aliphatic rings. The summed E-state index contributed by atoms with van der Waals surface area (Å²) >= 11 is 0. The Morgan fingerprint density at radius 2 is 2.29 bits per heavy atom. The molecule has 0 radical (unpaired) electrons. The van der Waals surface area contributed by atoms with Crippen LogP contribution in [0.3, 0.4) is 0 Å². The lowest BCUT2D eigenvalue weighted by Crippen LogP contribution is -2.43. The van der Waals surface area contributed by atoms with Crippen molar-refractivity contribution in [1.29, 1.82) is 0 Å². The van der Waals surface area contributed by atoms with Gasteiger partial charge >= 0.3 is 5.97 Å². The Labute approximate surface area is 120 Å². The summed E-state index contributed by atoms with van der Waals surface area (Å²) in [5.41, 5.74) is 1.37. The Balaban J connectivity index is 2.00. The van der Waals surface area contributed by atoms with E-state index < -0.39 is 12.0 Å². The number of aliphatic carboxylic acids is 1. The normalized spacial score (nSPS) is 17.4. The number of hydrogen-bond acceptors (Lipinski definition) is 5. The molecule has 0 aromatic carbocycles. The maximum absolute atomic E-state index is 12.6. The average molecular weight is 287 g/mol. The van der Waals surface area contributed by atoms with Crippen molar-refractivity contribution in [2.75, 3.05) is 6.54 Å². The van der Waals surface area contributed by atoms with Crippen LogP contribution < -0.4 is 0 Å². The fraction of sp³-hybridized carbons (Fsp3) is 0.286. The Bertz CT molecular complexity index is 710. The Morgan fingerprint density at radius 3 is 3.00 bits per heavy atom. The number of carboxylic acids is 1. The van der Waals surface area contributed by atoms with Crippen LogP contribution in [0, 0.1) is 6.92 Å². The van der Waals surface area contributed by atoms with Crippen LogP contribution in [0.25, 0.3) is 0 Å². The first-order valence-electron chi connectivity index (χ1n) is 6.46. The molecule has 1 unspecified atom stereocenters. The second kappa shape index (κ2) is 5.01. The number of nitrogens with zero attached hydrogens (tertiary/aromatic N) is 3. The molecule has 7 nitrogen and oxygen atoms in total. The lowest BCUT2D eigenvalue weighted by Gasteiger charge is -2.32. The van der Waals surface area contributed by atoms with Gasteiger partial charge in [0.05, 0.1) is 17.5 Å². The standard InChI is InChI=1S/C14H13N3O4/c1-8-10(6-15-7-16-8)13(18)17-4-2-11-9(3-5-21-11)12(17)14(19)20/h3,5-7,12H,2,4H2,1H3,(H,19,20). The van der Waals surface area contributed by atoms with Crippen molar-refractivity contribution in [3.05, 3.63) is 47.4 Å². The number of hydrogen-bond donors (Lipinski definition) is 1. The minimum atomic E-state index is -1.08. The molecule has 0 spiro atoms. The average Bonchev–Trinajstić information content (AvgIpc) is 2.94. The summed E-state index contributed by atoms with van der Waals surface area (Å²) in [6, 6.07) is 0.557. The third kappa shape index (κ3) is 2.16. The van der Waals surface area contributed by atoms with E-state index in [1.807, 2.05) is 0 Å². The van der Waals surface area contributed by atoms with E-state index in [1.54, 1.807) is 13.0 Å². The fourth-order valence-corrected chi connectivity index (χ4v) is 2.56. The predicted octanol–water partition coefficient (Wildman–Crippen LogP) is 1.20. The van der Waals surface area contributed by atoms with E-state index in [1.165, 1.54) is 23.7 Å². The van der Waals surface area contributed by atoms with Gasteiger partial charge in [0.15, 0.2) is 6.04 Å². The zero-order chi connectivity index (χ0) is 15.0. The van der Waals surface area contributed by atoms with Gasteiger partial charge in [-0.15, -0.1) is 0 Å². The van der Waals surface area contributed by atoms with Crippen molar-refractivity contribution in [3.63, 3.8) is 0 Å². The minimum Gasteiger partial charge on any atom is -0.479 e. The third-order valence-electron chi connectivity index (χ3n) is 3.60. The maximum Gasteiger partial charge on any atom is 0.331 e. The number of rotatable bonds is 2. The van der Waals surface area contributed by atoms with Crippen molar-refractivity contribution in [1.82, 2.24) is 14.9 Å². The van der Waals surface area contributed by atoms with Gasteiger partial charge in [-0.2, -0.15) is 0 Å². The smallest absolute Gasteiger partial charge is 0.331 e. The first-order valence-corrected chi connectivity index (χ1v) is 6.46. The summed E-state index contributed by atoms with van der Waals surface area (Å²) in [5, 5.41) is 9.47. The van der Waals surface area contributed by atoms with Crippen LogP contribution in [-0.4, -0.2) is 38.4 Å². The Hall–Kier alpha value is -2.70. The molecule has 21 heavy (non-hydrogen) atoms. The number of carboxylic acid groups (broad SMARTS) is 1. The first kappa shape index (κ1) is 13.3. The van der Waals surface area contributed by atoms with Crippen LogP contribution in [0.1, 0.15) is 33.4 Å². The van der Waals surface area contributed by atoms with E-state index in [4.69, 9.17) is 4.42 Å². The van der Waals surface area contributed by atoms with Crippen molar-refractivity contribution >= 4 is 11.9 Å². The summed E-state index contributed by atoms with van der Waals surface area (Å²) in [6.07, 6.45) is 4.70. The van der Waals surface area contributed by atoms with Crippen molar-refractivity contribution in [2.24, 2.45) is 0 Å². The van der Waals surface area contributed by atoms with E-state index in [9.17, 15) is 14.7 Å². The van der Waals surface area contributed by atoms with Gasteiger partial charge in [-0.1, -0.05) is 0 Å². The van der Waals surface area contributed by atoms with Crippen molar-refractivity contribution in [3.8, 4) is 0 Å². The van der Waals surface area contributed by atoms with E-state index in [0.29, 0.717) is 29.0 Å². The molecule has 2 aromatic rings. The predicted molar refractivity (Wildman–Crippen MR) is 70.6 cm³/mol. The molecule has 0 saturated carbocycles. The van der Waals surface area contributed by atoms with E-state index in [0.717, 1.165) is 0 Å². The number of aryl methyl sites for hydroxylation is 1. The summed E-state index contributed by atoms with van der Waals surface area (Å²) in [6.45, 7) is 1.97. The van der Waals surface area contributed by atoms with Gasteiger partial charge < -0.3 is 14.4 Å². The second-order valence-corrected chi connectivity index (χ2v) is 4.81. The number of fused-ring (bicyclic) bond motifs is 1. The van der Waals surface area contributed by atoms with Gasteiger partial charge in [-0.3, -0.25) is 4.79 Å². The molecular weight excluding hydrogens is 274 g/mol. The van der Waals surface area contributed by atoms with Crippen molar-refractivity contribution in [2.45, 2.75) is 19.4 Å². The number of aromatic nitrogens is 2. The van der Waals surface area contributed by atoms with Gasteiger partial charge in [0.1, 0.15) is 12.1 Å². The van der Waals surface area contributed by atoms with Crippen LogP contribution >= 0.6 is 0 Å². The Morgan fingerprint density at radius 1 is 1.48 bits per heavy atom. The Kier molecular flexibility index (Phi) is 3.17. The monoisotopic (exact) mass is 287 g/mol. The van der Waals surface area contributed by atoms with Crippen LogP contribution in [0.5, 0.6) is 0 Å². The molecule has 0 fully saturated rings. The molecule has 0 saturated heterocycles. The van der Waals surface area contributed by atoms with E-state index >= 15 is 0 Å². The summed E-state index contributed by atoms with van der Waals surface area (Å²) < 4.78 is 5.27. The molecule has 1 aliphatic heterocycles. The number of carbonyl (C=O) groups is 2. The molecule has 7 heteroatoms. The summed E-state index contributed by atoms with van der Waals surface area (Å²) in [4.78, 5) is 33.3. The maximum atomic E-state index is 12.6. The number of carbonyl (C=O) groups excluding carboxylic acids is 1. The molecule has 1 amide bonds. The number of furan rings is 1. The highest BCUT2D eigenvalue weighted by atomic mass is 16.4. The molecular formula is C14H13N3O4. The third-order valence-corrected chi connectivity index (χ3v) is 3.60. The SMILES string of the molecule is Cc1ncncc1C(=O)N1CCc2occc2C1C(=O)O. The zero-order valence-electron chi connectivity index (χ0n) is 11.3. The van der Waals surface area contributed by atoms with Crippen molar-refractivity contribution < 1.29 is 19.1 Å².